The van der Waals surface area contributed by atoms with Crippen molar-refractivity contribution in [2.45, 2.75) is 32.7 Å². The third-order valence-corrected chi connectivity index (χ3v) is 18.0. The average Bonchev–Trinajstić information content (AvgIpc) is 2.74. The molecule has 0 radical (unpaired) electrons. The van der Waals surface area contributed by atoms with Crippen molar-refractivity contribution in [1.82, 2.24) is 0 Å². The SMILES string of the molecule is C[SiH](C)O[Si](C)(O[Si](O[SiH](C)C)(c1ccccc1)c1ccccc1)c1ccccc1. The van der Waals surface area contributed by atoms with Crippen LogP contribution in [0.2, 0.25) is 32.7 Å². The second-order valence-electron chi connectivity index (χ2n) is 8.10. The lowest BCUT2D eigenvalue weighted by Gasteiger charge is -2.41. The normalized spacial score (nSPS) is 14.1. The van der Waals surface area contributed by atoms with Crippen LogP contribution in [0, 0.1) is 0 Å². The highest BCUT2D eigenvalue weighted by atomic mass is 28.5. The molecule has 0 bridgehead atoms. The largest absolute Gasteiger partial charge is 0.436 e. The first kappa shape index (κ1) is 23.1. The Labute approximate surface area is 186 Å². The maximum absolute atomic E-state index is 7.31. The molecule has 7 heteroatoms. The number of benzene rings is 3. The maximum Gasteiger partial charge on any atom is 0.388 e. The van der Waals surface area contributed by atoms with Crippen LogP contribution >= 0.6 is 0 Å². The fourth-order valence-electron chi connectivity index (χ4n) is 3.71. The molecule has 0 aromatic heterocycles. The molecular weight excluding hydrogens is 437 g/mol. The van der Waals surface area contributed by atoms with E-state index in [1.54, 1.807) is 0 Å². The summed E-state index contributed by atoms with van der Waals surface area (Å²) >= 11 is 0. The topological polar surface area (TPSA) is 27.7 Å². The van der Waals surface area contributed by atoms with Crippen LogP contribution in [0.5, 0.6) is 0 Å². The third-order valence-electron chi connectivity index (χ3n) is 4.81. The van der Waals surface area contributed by atoms with Gasteiger partial charge in [0.2, 0.25) is 0 Å². The molecule has 0 fully saturated rings. The summed E-state index contributed by atoms with van der Waals surface area (Å²) in [5.74, 6) is 0. The van der Waals surface area contributed by atoms with Gasteiger partial charge in [0.15, 0.2) is 18.1 Å². The van der Waals surface area contributed by atoms with E-state index in [9.17, 15) is 0 Å². The van der Waals surface area contributed by atoms with Gasteiger partial charge in [0.05, 0.1) is 0 Å². The van der Waals surface area contributed by atoms with Crippen molar-refractivity contribution in [3.05, 3.63) is 91.0 Å². The monoisotopic (exact) mass is 468 g/mol. The van der Waals surface area contributed by atoms with Gasteiger partial charge in [0, 0.05) is 0 Å². The Morgan fingerprint density at radius 1 is 0.533 bits per heavy atom. The summed E-state index contributed by atoms with van der Waals surface area (Å²) in [4.78, 5) is 0. The van der Waals surface area contributed by atoms with Gasteiger partial charge in [0.25, 0.3) is 0 Å². The molecule has 0 amide bonds. The van der Waals surface area contributed by atoms with Crippen molar-refractivity contribution in [2.75, 3.05) is 0 Å². The van der Waals surface area contributed by atoms with E-state index < -0.39 is 35.2 Å². The molecule has 3 aromatic carbocycles. The Bertz CT molecular complexity index is 868. The molecule has 0 spiro atoms. The van der Waals surface area contributed by atoms with Crippen LogP contribution < -0.4 is 15.6 Å². The van der Waals surface area contributed by atoms with Crippen molar-refractivity contribution >= 4 is 50.8 Å². The first-order valence-electron chi connectivity index (χ1n) is 10.6. The molecule has 0 aliphatic rings. The van der Waals surface area contributed by atoms with Crippen molar-refractivity contribution in [3.63, 3.8) is 0 Å². The summed E-state index contributed by atoms with van der Waals surface area (Å²) in [6.07, 6.45) is 0. The molecule has 1 atom stereocenters. The van der Waals surface area contributed by atoms with Gasteiger partial charge < -0.3 is 12.3 Å². The molecule has 1 unspecified atom stereocenters. The van der Waals surface area contributed by atoms with Gasteiger partial charge in [-0.1, -0.05) is 91.0 Å². The Hall–Kier alpha value is -1.59. The lowest BCUT2D eigenvalue weighted by Crippen LogP contribution is -2.72. The first-order valence-corrected chi connectivity index (χ1v) is 20.3. The van der Waals surface area contributed by atoms with Crippen LogP contribution in [0.25, 0.3) is 0 Å². The van der Waals surface area contributed by atoms with Gasteiger partial charge in [-0.25, -0.2) is 0 Å². The van der Waals surface area contributed by atoms with Crippen molar-refractivity contribution < 1.29 is 12.3 Å². The van der Waals surface area contributed by atoms with Gasteiger partial charge in [-0.15, -0.1) is 0 Å². The molecule has 0 aliphatic heterocycles. The quantitative estimate of drug-likeness (QED) is 0.451. The predicted octanol–water partition coefficient (Wildman–Crippen LogP) is 3.24. The number of rotatable bonds is 9. The Morgan fingerprint density at radius 2 is 0.900 bits per heavy atom. The van der Waals surface area contributed by atoms with Crippen LogP contribution in [0.4, 0.5) is 0 Å². The smallest absolute Gasteiger partial charge is 0.388 e. The van der Waals surface area contributed by atoms with E-state index in [-0.39, 0.29) is 0 Å². The molecule has 158 valence electrons. The highest BCUT2D eigenvalue weighted by Crippen LogP contribution is 2.20. The molecule has 3 nitrogen and oxygen atoms in total. The fourth-order valence-corrected chi connectivity index (χ4v) is 18.8. The second-order valence-corrected chi connectivity index (χ2v) is 19.8. The average molecular weight is 469 g/mol. The standard InChI is InChI=1S/C23H32O3Si4/c1-27(2)24-29(5,21-15-9-6-10-16-21)26-30(25-28(3)4,22-17-11-7-12-18-22)23-19-13-8-14-20-23/h6-20,27-28H,1-5H3. The highest BCUT2D eigenvalue weighted by molar-refractivity contribution is 7.02. The highest BCUT2D eigenvalue weighted by Gasteiger charge is 2.51. The van der Waals surface area contributed by atoms with Gasteiger partial charge >= 0.3 is 17.1 Å². The summed E-state index contributed by atoms with van der Waals surface area (Å²) < 4.78 is 21.0. The van der Waals surface area contributed by atoms with Crippen molar-refractivity contribution in [3.8, 4) is 0 Å². The molecule has 0 heterocycles. The summed E-state index contributed by atoms with van der Waals surface area (Å²) in [6.45, 7) is 11.1. The first-order chi connectivity index (χ1) is 14.4. The van der Waals surface area contributed by atoms with Crippen LogP contribution in [0.15, 0.2) is 91.0 Å². The van der Waals surface area contributed by atoms with E-state index in [4.69, 9.17) is 12.3 Å². The zero-order valence-electron chi connectivity index (χ0n) is 18.5. The van der Waals surface area contributed by atoms with E-state index in [0.717, 1.165) is 15.6 Å². The maximum atomic E-state index is 7.31. The van der Waals surface area contributed by atoms with Crippen LogP contribution in [-0.4, -0.2) is 35.2 Å². The summed E-state index contributed by atoms with van der Waals surface area (Å²) in [7, 11) is -8.51. The molecule has 0 aliphatic carbocycles. The fraction of sp³-hybridized carbons (Fsp3) is 0.217. The lowest BCUT2D eigenvalue weighted by molar-refractivity contribution is 0.359. The molecule has 30 heavy (non-hydrogen) atoms. The third kappa shape index (κ3) is 5.36. The van der Waals surface area contributed by atoms with Crippen LogP contribution in [-0.2, 0) is 12.3 Å². The number of hydrogen-bond donors (Lipinski definition) is 0. The van der Waals surface area contributed by atoms with Crippen LogP contribution in [0.3, 0.4) is 0 Å². The van der Waals surface area contributed by atoms with E-state index in [1.807, 2.05) is 18.2 Å². The Kier molecular flexibility index (Phi) is 7.80. The van der Waals surface area contributed by atoms with E-state index in [2.05, 4.69) is 106 Å². The van der Waals surface area contributed by atoms with E-state index >= 15 is 0 Å². The second kappa shape index (κ2) is 10.1. The zero-order valence-corrected chi connectivity index (χ0v) is 22.8. The van der Waals surface area contributed by atoms with E-state index in [1.165, 1.54) is 0 Å². The van der Waals surface area contributed by atoms with Gasteiger partial charge in [0.1, 0.15) is 0 Å². The van der Waals surface area contributed by atoms with E-state index in [0.29, 0.717) is 0 Å². The van der Waals surface area contributed by atoms with Crippen molar-refractivity contribution in [2.24, 2.45) is 0 Å². The zero-order chi connectivity index (χ0) is 21.6. The van der Waals surface area contributed by atoms with Crippen molar-refractivity contribution in [1.29, 1.82) is 0 Å². The molecule has 0 saturated carbocycles. The molecular formula is C23H32O3Si4. The van der Waals surface area contributed by atoms with Gasteiger partial charge in [-0.3, -0.25) is 0 Å². The van der Waals surface area contributed by atoms with Crippen LogP contribution in [0.1, 0.15) is 0 Å². The molecule has 3 aromatic rings. The number of hydrogen-bond acceptors (Lipinski definition) is 3. The molecule has 0 saturated heterocycles. The summed E-state index contributed by atoms with van der Waals surface area (Å²) in [6, 6.07) is 31.5. The van der Waals surface area contributed by atoms with Gasteiger partial charge in [-0.05, 0) is 48.3 Å². The summed E-state index contributed by atoms with van der Waals surface area (Å²) in [5, 5.41) is 3.44. The predicted molar refractivity (Wildman–Crippen MR) is 137 cm³/mol. The molecule has 0 N–H and O–H groups in total. The minimum Gasteiger partial charge on any atom is -0.436 e. The minimum atomic E-state index is -2.98. The lowest BCUT2D eigenvalue weighted by atomic mass is 10.4. The minimum absolute atomic E-state index is 1.14. The Morgan fingerprint density at radius 3 is 1.27 bits per heavy atom. The molecule has 3 rings (SSSR count). The summed E-state index contributed by atoms with van der Waals surface area (Å²) in [5.41, 5.74) is 0. The Balaban J connectivity index is 2.22. The van der Waals surface area contributed by atoms with Gasteiger partial charge in [-0.2, -0.15) is 0 Å².